The zero-order valence-electron chi connectivity index (χ0n) is 41.8. The summed E-state index contributed by atoms with van der Waals surface area (Å²) in [4.78, 5) is 33.1. The molecule has 0 saturated heterocycles. The molecule has 1 amide bonds. The van der Waals surface area contributed by atoms with E-state index in [1.165, 1.54) is 70.6 Å². The summed E-state index contributed by atoms with van der Waals surface area (Å²) in [5.41, 5.74) is 6.64. The summed E-state index contributed by atoms with van der Waals surface area (Å²) in [5.74, 6) is -0.365. The van der Waals surface area contributed by atoms with Crippen molar-refractivity contribution >= 4 is 49.8 Å². The van der Waals surface area contributed by atoms with Crippen LogP contribution in [0.5, 0.6) is 5.75 Å². The molecular weight excluding hydrogens is 851 g/mol. The van der Waals surface area contributed by atoms with Gasteiger partial charge in [0.25, 0.3) is 10.1 Å². The quantitative estimate of drug-likeness (QED) is 0.0217. The van der Waals surface area contributed by atoms with Gasteiger partial charge in [0.2, 0.25) is 11.3 Å². The molecule has 2 aliphatic rings. The molecule has 66 heavy (non-hydrogen) atoms. The van der Waals surface area contributed by atoms with E-state index in [2.05, 4.69) is 87.0 Å². The molecule has 0 saturated carbocycles. The number of hydrogen-bond donors (Lipinski definition) is 2. The van der Waals surface area contributed by atoms with Crippen LogP contribution in [0.3, 0.4) is 0 Å². The van der Waals surface area contributed by atoms with Crippen molar-refractivity contribution in [1.82, 2.24) is 9.89 Å². The fourth-order valence-corrected chi connectivity index (χ4v) is 9.42. The molecule has 0 aromatic heterocycles. The predicted octanol–water partition coefficient (Wildman–Crippen LogP) is 10.4. The predicted molar refractivity (Wildman–Crippen MR) is 275 cm³/mol. The van der Waals surface area contributed by atoms with Crippen LogP contribution in [0.1, 0.15) is 129 Å². The van der Waals surface area contributed by atoms with Crippen molar-refractivity contribution in [3.8, 4) is 28.2 Å². The summed E-state index contributed by atoms with van der Waals surface area (Å²) in [6.07, 6.45) is 18.0. The van der Waals surface area contributed by atoms with Gasteiger partial charge in [-0.2, -0.15) is 8.42 Å². The Morgan fingerprint density at radius 3 is 1.97 bits per heavy atom. The summed E-state index contributed by atoms with van der Waals surface area (Å²) in [6, 6.07) is 16.8. The highest BCUT2D eigenvalue weighted by Gasteiger charge is 2.26. The normalized spacial score (nSPS) is 12.1. The van der Waals surface area contributed by atoms with E-state index in [9.17, 15) is 22.6 Å². The first-order valence-electron chi connectivity index (χ1n) is 24.7. The largest absolute Gasteiger partial charge is 0.496 e. The second kappa shape index (κ2) is 27.3. The zero-order chi connectivity index (χ0) is 48.2. The molecule has 0 spiro atoms. The molecular formula is C53H82N5O7S+. The van der Waals surface area contributed by atoms with Crippen LogP contribution in [-0.2, 0) is 19.7 Å². The molecule has 12 nitrogen and oxygen atoms in total. The number of anilines is 3. The van der Waals surface area contributed by atoms with Crippen molar-refractivity contribution in [3.05, 3.63) is 53.9 Å². The molecule has 1 unspecified atom stereocenters. The maximum atomic E-state index is 13.5. The Morgan fingerprint density at radius 1 is 0.773 bits per heavy atom. The maximum Gasteiger partial charge on any atom is 0.264 e. The number of hydrogen-bond acceptors (Lipinski definition) is 9. The number of fused-ring (bicyclic) bond motifs is 2. The van der Waals surface area contributed by atoms with Gasteiger partial charge in [-0.3, -0.25) is 14.1 Å². The first-order chi connectivity index (χ1) is 31.6. The van der Waals surface area contributed by atoms with Crippen LogP contribution in [0.2, 0.25) is 0 Å². The van der Waals surface area contributed by atoms with Crippen LogP contribution >= 0.6 is 0 Å². The summed E-state index contributed by atoms with van der Waals surface area (Å²) >= 11 is 0. The lowest BCUT2D eigenvalue weighted by atomic mass is 9.92. The summed E-state index contributed by atoms with van der Waals surface area (Å²) < 4.78 is 47.7. The molecule has 13 heteroatoms. The zero-order valence-corrected chi connectivity index (χ0v) is 42.7. The number of ether oxygens (including phenoxy) is 1. The van der Waals surface area contributed by atoms with Gasteiger partial charge in [-0.25, -0.2) is 4.58 Å². The van der Waals surface area contributed by atoms with Crippen molar-refractivity contribution in [3.63, 3.8) is 0 Å². The Morgan fingerprint density at radius 2 is 1.41 bits per heavy atom. The molecule has 4 rings (SSSR count). The van der Waals surface area contributed by atoms with Gasteiger partial charge in [0, 0.05) is 113 Å². The van der Waals surface area contributed by atoms with Crippen molar-refractivity contribution in [2.24, 2.45) is 5.92 Å². The number of benzene rings is 3. The van der Waals surface area contributed by atoms with Crippen molar-refractivity contribution in [1.29, 1.82) is 0 Å². The fourth-order valence-electron chi connectivity index (χ4n) is 8.83. The van der Waals surface area contributed by atoms with Gasteiger partial charge in [0.1, 0.15) is 37.0 Å². The van der Waals surface area contributed by atoms with Gasteiger partial charge < -0.3 is 29.2 Å². The van der Waals surface area contributed by atoms with E-state index >= 15 is 0 Å². The fraction of sp³-hybridized carbons (Fsp3) is 0.604. The number of nitrogens with one attached hydrogen (secondary N) is 1. The highest BCUT2D eigenvalue weighted by Crippen LogP contribution is 2.47. The second-order valence-corrected chi connectivity index (χ2v) is 20.2. The molecule has 1 atom stereocenters. The number of unbranched alkanes of at least 4 members (excludes halogenated alkanes) is 13. The Balaban J connectivity index is 1.41. The van der Waals surface area contributed by atoms with E-state index < -0.39 is 21.8 Å². The van der Waals surface area contributed by atoms with Gasteiger partial charge in [-0.15, -0.1) is 0 Å². The van der Waals surface area contributed by atoms with Crippen LogP contribution < -0.4 is 34.7 Å². The average molecular weight is 933 g/mol. The van der Waals surface area contributed by atoms with Crippen LogP contribution in [0.15, 0.2) is 52.9 Å². The molecule has 2 aromatic carbocycles. The number of methoxy groups -OCH3 is 1. The van der Waals surface area contributed by atoms with Gasteiger partial charge in [-0.05, 0) is 50.5 Å². The van der Waals surface area contributed by atoms with Crippen molar-refractivity contribution in [2.75, 3.05) is 89.5 Å². The van der Waals surface area contributed by atoms with Gasteiger partial charge in [0.15, 0.2) is 0 Å². The number of carbonyl (C=O) groups is 2. The molecule has 0 radical (unpaired) electrons. The van der Waals surface area contributed by atoms with E-state index in [0.717, 1.165) is 75.1 Å². The number of ketones is 1. The highest BCUT2D eigenvalue weighted by atomic mass is 32.2. The molecule has 2 aromatic rings. The monoisotopic (exact) mass is 933 g/mol. The minimum absolute atomic E-state index is 0.0744. The molecule has 1 heterocycles. The third-order valence-electron chi connectivity index (χ3n) is 12.8. The number of nitrogens with zero attached hydrogens (tertiary/aromatic N) is 4. The average Bonchev–Trinajstić information content (AvgIpc) is 3.28. The third-order valence-corrected chi connectivity index (χ3v) is 13.5. The summed E-state index contributed by atoms with van der Waals surface area (Å²) in [5, 5.41) is 4.94. The van der Waals surface area contributed by atoms with Crippen molar-refractivity contribution in [2.45, 2.75) is 129 Å². The third kappa shape index (κ3) is 16.6. The van der Waals surface area contributed by atoms with E-state index in [0.29, 0.717) is 31.8 Å². The smallest absolute Gasteiger partial charge is 0.264 e. The van der Waals surface area contributed by atoms with E-state index in [1.54, 1.807) is 7.11 Å². The number of carbonyl (C=O) groups excluding carboxylic acids is 2. The lowest BCUT2D eigenvalue weighted by molar-refractivity contribution is -0.129. The lowest BCUT2D eigenvalue weighted by Crippen LogP contribution is -2.34. The van der Waals surface area contributed by atoms with E-state index in [-0.39, 0.29) is 31.0 Å². The molecule has 1 aliphatic heterocycles. The Hall–Kier alpha value is -4.62. The number of amides is 1. The van der Waals surface area contributed by atoms with Crippen LogP contribution in [0.4, 0.5) is 17.1 Å². The first kappa shape index (κ1) is 54.0. The van der Waals surface area contributed by atoms with Crippen LogP contribution in [-0.4, -0.2) is 99.4 Å². The van der Waals surface area contributed by atoms with Gasteiger partial charge in [0.05, 0.1) is 30.3 Å². The maximum absolute atomic E-state index is 13.5. The number of Topliss-reactive ketones (excluding diaryl/α,β-unsaturated/α-hetero) is 1. The van der Waals surface area contributed by atoms with Crippen LogP contribution in [0.25, 0.3) is 33.4 Å². The SMILES string of the molecule is CCCCCCCCCCCCCCCCNC(=O)C(CCS(=O)(=O)O)CC(=O)CCCN(CC)c1cc(OC)c(-c2c3ccc(=[N+](C)C)cc-3oc3cc(N(C)C)ccc23)cc1N(C)C. The molecule has 0 bridgehead atoms. The minimum atomic E-state index is -4.29. The molecule has 2 N–H and O–H groups in total. The van der Waals surface area contributed by atoms with Crippen molar-refractivity contribution < 1.29 is 31.7 Å². The van der Waals surface area contributed by atoms with E-state index in [4.69, 9.17) is 9.15 Å². The van der Waals surface area contributed by atoms with Gasteiger partial charge in [-0.1, -0.05) is 90.4 Å². The Labute approximate surface area is 396 Å². The number of rotatable bonds is 31. The summed E-state index contributed by atoms with van der Waals surface area (Å²) in [7, 11) is 9.49. The Bertz CT molecular complexity index is 2300. The lowest BCUT2D eigenvalue weighted by Gasteiger charge is -2.30. The molecule has 0 fully saturated rings. The van der Waals surface area contributed by atoms with Gasteiger partial charge >= 0.3 is 0 Å². The standard InChI is InChI=1S/C53H81N5O7S/c1-10-12-13-14-15-16-17-18-19-20-21-22-23-24-32-54-53(60)40(31-34-66(61,62)63)35-43(59)26-25-33-58(11-2)48-39-49(64-9)46(38-47(48)57(7)8)52-44-29-27-41(55(3)4)36-50(44)65-51-37-42(56(5)6)28-30-45(51)52/h27-30,36-40H,10-26,31-35H2,1-9H3,(H-,54,60,61,62,63)/p+1. The molecule has 1 aliphatic carbocycles. The van der Waals surface area contributed by atoms with Crippen LogP contribution in [0, 0.1) is 5.92 Å². The first-order valence-corrected chi connectivity index (χ1v) is 26.3. The minimum Gasteiger partial charge on any atom is -0.496 e. The summed E-state index contributed by atoms with van der Waals surface area (Å²) in [6.45, 7) is 6.07. The second-order valence-electron chi connectivity index (χ2n) is 18.6. The molecule has 366 valence electrons. The highest BCUT2D eigenvalue weighted by molar-refractivity contribution is 7.85. The Kier molecular flexibility index (Phi) is 22.3. The topological polar surface area (TPSA) is 136 Å². The van der Waals surface area contributed by atoms with E-state index in [1.807, 2.05) is 42.3 Å².